The van der Waals surface area contributed by atoms with Crippen molar-refractivity contribution in [3.05, 3.63) is 65.5 Å². The largest absolute Gasteiger partial charge is 0.486 e. The molecule has 0 heterocycles. The van der Waals surface area contributed by atoms with Crippen molar-refractivity contribution in [2.45, 2.75) is 26.1 Å². The van der Waals surface area contributed by atoms with Gasteiger partial charge in [-0.15, -0.1) is 0 Å². The molecule has 2 aromatic rings. The lowest BCUT2D eigenvalue weighted by Crippen LogP contribution is -2.15. The first-order valence-electron chi connectivity index (χ1n) is 6.16. The third-order valence-electron chi connectivity index (χ3n) is 2.88. The van der Waals surface area contributed by atoms with Crippen LogP contribution < -0.4 is 4.74 Å². The number of benzene rings is 2. The maximum Gasteiger partial charge on any atom is 0.165 e. The molecule has 19 heavy (non-hydrogen) atoms. The molecule has 0 atom stereocenters. The Balaban J connectivity index is 2.10. The summed E-state index contributed by atoms with van der Waals surface area (Å²) in [6, 6.07) is 14.1. The number of halogens is 1. The van der Waals surface area contributed by atoms with Crippen LogP contribution in [-0.2, 0) is 12.2 Å². The summed E-state index contributed by atoms with van der Waals surface area (Å²) in [5.74, 6) is -0.271. The molecule has 0 aromatic heterocycles. The smallest absolute Gasteiger partial charge is 0.165 e. The molecule has 0 unspecified atom stereocenters. The minimum Gasteiger partial charge on any atom is -0.486 e. The van der Waals surface area contributed by atoms with Crippen molar-refractivity contribution < 1.29 is 14.2 Å². The topological polar surface area (TPSA) is 29.5 Å². The van der Waals surface area contributed by atoms with Crippen molar-refractivity contribution in [3.8, 4) is 5.75 Å². The van der Waals surface area contributed by atoms with Gasteiger partial charge in [-0.05, 0) is 37.1 Å². The highest BCUT2D eigenvalue weighted by molar-refractivity contribution is 5.32. The van der Waals surface area contributed by atoms with E-state index in [2.05, 4.69) is 0 Å². The van der Waals surface area contributed by atoms with E-state index in [0.717, 1.165) is 5.56 Å². The average Bonchev–Trinajstić information content (AvgIpc) is 2.37. The summed E-state index contributed by atoms with van der Waals surface area (Å²) in [4.78, 5) is 0. The number of aliphatic hydroxyl groups is 1. The molecule has 0 spiro atoms. The van der Waals surface area contributed by atoms with Gasteiger partial charge in [0.25, 0.3) is 0 Å². The lowest BCUT2D eigenvalue weighted by atomic mass is 9.98. The highest BCUT2D eigenvalue weighted by atomic mass is 19.1. The summed E-state index contributed by atoms with van der Waals surface area (Å²) in [7, 11) is 0. The molecule has 2 nitrogen and oxygen atoms in total. The fourth-order valence-electron chi connectivity index (χ4n) is 1.73. The Morgan fingerprint density at radius 2 is 1.79 bits per heavy atom. The van der Waals surface area contributed by atoms with Gasteiger partial charge in [-0.25, -0.2) is 4.39 Å². The fraction of sp³-hybridized carbons (Fsp3) is 0.250. The predicted molar refractivity (Wildman–Crippen MR) is 72.4 cm³/mol. The zero-order valence-corrected chi connectivity index (χ0v) is 11.1. The van der Waals surface area contributed by atoms with Gasteiger partial charge in [0, 0.05) is 0 Å². The van der Waals surface area contributed by atoms with Crippen LogP contribution in [0.5, 0.6) is 5.75 Å². The molecule has 0 aliphatic rings. The van der Waals surface area contributed by atoms with Gasteiger partial charge in [-0.1, -0.05) is 36.4 Å². The predicted octanol–water partition coefficient (Wildman–Crippen LogP) is 3.63. The summed E-state index contributed by atoms with van der Waals surface area (Å²) in [6.07, 6.45) is 0. The van der Waals surface area contributed by atoms with Gasteiger partial charge in [0.05, 0.1) is 5.60 Å². The zero-order valence-electron chi connectivity index (χ0n) is 11.1. The van der Waals surface area contributed by atoms with E-state index in [4.69, 9.17) is 4.74 Å². The zero-order chi connectivity index (χ0) is 13.9. The van der Waals surface area contributed by atoms with E-state index < -0.39 is 11.4 Å². The molecule has 0 aliphatic heterocycles. The molecule has 100 valence electrons. The van der Waals surface area contributed by atoms with Crippen LogP contribution in [0.25, 0.3) is 0 Å². The van der Waals surface area contributed by atoms with Gasteiger partial charge < -0.3 is 9.84 Å². The molecular formula is C16H17FO2. The molecule has 2 aromatic carbocycles. The Morgan fingerprint density at radius 1 is 1.11 bits per heavy atom. The lowest BCUT2D eigenvalue weighted by molar-refractivity contribution is 0.0781. The fourth-order valence-corrected chi connectivity index (χ4v) is 1.73. The van der Waals surface area contributed by atoms with Crippen LogP contribution in [0.15, 0.2) is 48.5 Å². The van der Waals surface area contributed by atoms with Crippen molar-refractivity contribution >= 4 is 0 Å². The van der Waals surface area contributed by atoms with Gasteiger partial charge >= 0.3 is 0 Å². The van der Waals surface area contributed by atoms with Crippen LogP contribution in [0.4, 0.5) is 4.39 Å². The maximum absolute atomic E-state index is 13.8. The van der Waals surface area contributed by atoms with E-state index in [1.807, 2.05) is 30.3 Å². The second-order valence-electron chi connectivity index (χ2n) is 4.98. The summed E-state index contributed by atoms with van der Waals surface area (Å²) in [5.41, 5.74) is 0.448. The molecule has 0 amide bonds. The van der Waals surface area contributed by atoms with Gasteiger partial charge in [-0.3, -0.25) is 0 Å². The Kier molecular flexibility index (Phi) is 3.86. The highest BCUT2D eigenvalue weighted by Crippen LogP contribution is 2.25. The molecule has 0 bridgehead atoms. The Morgan fingerprint density at radius 3 is 2.37 bits per heavy atom. The van der Waals surface area contributed by atoms with Crippen molar-refractivity contribution in [3.63, 3.8) is 0 Å². The lowest BCUT2D eigenvalue weighted by Gasteiger charge is -2.18. The quantitative estimate of drug-likeness (QED) is 0.909. The summed E-state index contributed by atoms with van der Waals surface area (Å²) < 4.78 is 19.3. The third-order valence-corrected chi connectivity index (χ3v) is 2.88. The minimum absolute atomic E-state index is 0.192. The summed E-state index contributed by atoms with van der Waals surface area (Å²) >= 11 is 0. The van der Waals surface area contributed by atoms with Gasteiger partial charge in [-0.2, -0.15) is 0 Å². The first-order valence-corrected chi connectivity index (χ1v) is 6.16. The van der Waals surface area contributed by atoms with Gasteiger partial charge in [0.1, 0.15) is 6.61 Å². The van der Waals surface area contributed by atoms with Crippen molar-refractivity contribution in [2.24, 2.45) is 0 Å². The van der Waals surface area contributed by atoms with Crippen molar-refractivity contribution in [2.75, 3.05) is 0 Å². The van der Waals surface area contributed by atoms with E-state index in [1.165, 1.54) is 6.07 Å². The first-order chi connectivity index (χ1) is 8.97. The highest BCUT2D eigenvalue weighted by Gasteiger charge is 2.17. The molecule has 0 aliphatic carbocycles. The normalized spacial score (nSPS) is 11.4. The molecule has 0 saturated heterocycles. The molecule has 0 saturated carbocycles. The number of ether oxygens (including phenoxy) is 1. The van der Waals surface area contributed by atoms with Gasteiger partial charge in [0.2, 0.25) is 0 Å². The average molecular weight is 260 g/mol. The second kappa shape index (κ2) is 5.41. The first kappa shape index (κ1) is 13.6. The van der Waals surface area contributed by atoms with E-state index in [0.29, 0.717) is 12.2 Å². The molecule has 2 rings (SSSR count). The van der Waals surface area contributed by atoms with E-state index >= 15 is 0 Å². The molecule has 3 heteroatoms. The summed E-state index contributed by atoms with van der Waals surface area (Å²) in [6.45, 7) is 3.55. The standard InChI is InChI=1S/C16H17FO2/c1-16(2,18)13-8-9-15(14(17)10-13)19-11-12-6-4-3-5-7-12/h3-10,18H,11H2,1-2H3. The summed E-state index contributed by atoms with van der Waals surface area (Å²) in [5, 5.41) is 9.80. The second-order valence-corrected chi connectivity index (χ2v) is 4.98. The van der Waals surface area contributed by atoms with E-state index in [1.54, 1.807) is 26.0 Å². The minimum atomic E-state index is -1.06. The molecular weight excluding hydrogens is 243 g/mol. The van der Waals surface area contributed by atoms with Crippen LogP contribution in [0.2, 0.25) is 0 Å². The number of hydrogen-bond acceptors (Lipinski definition) is 2. The maximum atomic E-state index is 13.8. The third kappa shape index (κ3) is 3.55. The van der Waals surface area contributed by atoms with Crippen LogP contribution in [0.1, 0.15) is 25.0 Å². The SMILES string of the molecule is CC(C)(O)c1ccc(OCc2ccccc2)c(F)c1. The van der Waals surface area contributed by atoms with Crippen LogP contribution in [0.3, 0.4) is 0 Å². The van der Waals surface area contributed by atoms with Crippen molar-refractivity contribution in [1.82, 2.24) is 0 Å². The Labute approximate surface area is 112 Å². The van der Waals surface area contributed by atoms with Crippen LogP contribution in [0, 0.1) is 5.82 Å². The monoisotopic (exact) mass is 260 g/mol. The number of rotatable bonds is 4. The number of hydrogen-bond donors (Lipinski definition) is 1. The molecule has 0 fully saturated rings. The van der Waals surface area contributed by atoms with Crippen molar-refractivity contribution in [1.29, 1.82) is 0 Å². The van der Waals surface area contributed by atoms with Crippen LogP contribution in [-0.4, -0.2) is 5.11 Å². The van der Waals surface area contributed by atoms with E-state index in [9.17, 15) is 9.50 Å². The Bertz CT molecular complexity index is 544. The van der Waals surface area contributed by atoms with Gasteiger partial charge in [0.15, 0.2) is 11.6 Å². The Hall–Kier alpha value is -1.87. The van der Waals surface area contributed by atoms with E-state index in [-0.39, 0.29) is 5.75 Å². The van der Waals surface area contributed by atoms with Crippen LogP contribution >= 0.6 is 0 Å². The molecule has 1 N–H and O–H groups in total. The molecule has 0 radical (unpaired) electrons.